The molecule has 2 aliphatic rings. The number of fused-ring (bicyclic) bond motifs is 1. The minimum atomic E-state index is 0.0625. The van der Waals surface area contributed by atoms with Crippen LogP contribution in [0.2, 0.25) is 0 Å². The molecule has 3 heteroatoms. The molecule has 1 amide bonds. The van der Waals surface area contributed by atoms with Crippen molar-refractivity contribution in [3.8, 4) is 0 Å². The lowest BCUT2D eigenvalue weighted by atomic mass is 10.00. The zero-order chi connectivity index (χ0) is 15.6. The Labute approximate surface area is 136 Å². The monoisotopic (exact) mass is 304 g/mol. The highest BCUT2D eigenvalue weighted by Gasteiger charge is 2.31. The lowest BCUT2D eigenvalue weighted by Gasteiger charge is -2.23. The maximum absolute atomic E-state index is 12.7. The van der Waals surface area contributed by atoms with E-state index in [-0.39, 0.29) is 11.9 Å². The summed E-state index contributed by atoms with van der Waals surface area (Å²) in [4.78, 5) is 12.7. The molecule has 2 aromatic rings. The van der Waals surface area contributed by atoms with Gasteiger partial charge in [0.15, 0.2) is 0 Å². The average Bonchev–Trinajstić information content (AvgIpc) is 3.22. The summed E-state index contributed by atoms with van der Waals surface area (Å²) in [5.41, 5.74) is 3.96. The van der Waals surface area contributed by atoms with Gasteiger partial charge in [-0.3, -0.25) is 4.79 Å². The molecule has 1 unspecified atom stereocenters. The van der Waals surface area contributed by atoms with Crippen LogP contribution in [-0.2, 0) is 17.6 Å². The second kappa shape index (κ2) is 5.99. The van der Waals surface area contributed by atoms with Crippen molar-refractivity contribution < 1.29 is 4.79 Å². The number of amides is 1. The molecule has 1 aliphatic carbocycles. The maximum atomic E-state index is 12.7. The number of hydrogen-bond acceptors (Lipinski definition) is 2. The van der Waals surface area contributed by atoms with Gasteiger partial charge in [0.1, 0.15) is 0 Å². The molecule has 0 saturated heterocycles. The standard InChI is InChI=1S/C20H20N2O/c23-20(14-15-12-17-8-4-5-9-18(17)13-15)22-19(10-11-21-22)16-6-2-1-3-7-16/h1-9,11,15,19H,10,12-14H2. The largest absolute Gasteiger partial charge is 0.273 e. The van der Waals surface area contributed by atoms with E-state index in [0.717, 1.165) is 24.8 Å². The maximum Gasteiger partial charge on any atom is 0.243 e. The van der Waals surface area contributed by atoms with Crippen LogP contribution in [0.1, 0.15) is 35.6 Å². The Balaban J connectivity index is 1.44. The second-order valence-corrected chi connectivity index (χ2v) is 6.45. The molecular weight excluding hydrogens is 284 g/mol. The zero-order valence-electron chi connectivity index (χ0n) is 13.1. The molecule has 0 saturated carbocycles. The van der Waals surface area contributed by atoms with Crippen LogP contribution >= 0.6 is 0 Å². The molecule has 0 bridgehead atoms. The predicted molar refractivity (Wildman–Crippen MR) is 91.1 cm³/mol. The van der Waals surface area contributed by atoms with E-state index in [1.807, 2.05) is 24.4 Å². The summed E-state index contributed by atoms with van der Waals surface area (Å²) in [7, 11) is 0. The summed E-state index contributed by atoms with van der Waals surface area (Å²) in [6.07, 6.45) is 5.26. The molecule has 23 heavy (non-hydrogen) atoms. The fraction of sp³-hybridized carbons (Fsp3) is 0.300. The third kappa shape index (κ3) is 2.79. The third-order valence-electron chi connectivity index (χ3n) is 4.87. The SMILES string of the molecule is O=C(CC1Cc2ccccc2C1)N1N=CCC1c1ccccc1. The zero-order valence-corrected chi connectivity index (χ0v) is 13.1. The van der Waals surface area contributed by atoms with Gasteiger partial charge < -0.3 is 0 Å². The summed E-state index contributed by atoms with van der Waals surface area (Å²) in [6.45, 7) is 0. The Bertz CT molecular complexity index is 713. The second-order valence-electron chi connectivity index (χ2n) is 6.45. The van der Waals surface area contributed by atoms with Crippen LogP contribution in [0.3, 0.4) is 0 Å². The molecule has 3 nitrogen and oxygen atoms in total. The van der Waals surface area contributed by atoms with Gasteiger partial charge in [-0.1, -0.05) is 54.6 Å². The Kier molecular flexibility index (Phi) is 3.70. The molecule has 2 aromatic carbocycles. The van der Waals surface area contributed by atoms with Gasteiger partial charge in [0, 0.05) is 19.1 Å². The van der Waals surface area contributed by atoms with Crippen LogP contribution < -0.4 is 0 Å². The van der Waals surface area contributed by atoms with E-state index in [9.17, 15) is 4.79 Å². The number of hydrazone groups is 1. The Hall–Kier alpha value is -2.42. The van der Waals surface area contributed by atoms with Gasteiger partial charge in [-0.25, -0.2) is 5.01 Å². The van der Waals surface area contributed by atoms with Gasteiger partial charge in [-0.15, -0.1) is 0 Å². The summed E-state index contributed by atoms with van der Waals surface area (Å²) in [6, 6.07) is 18.8. The van der Waals surface area contributed by atoms with Crippen molar-refractivity contribution in [3.05, 3.63) is 71.3 Å². The number of hydrogen-bond donors (Lipinski definition) is 0. The van der Waals surface area contributed by atoms with Crippen molar-refractivity contribution in [3.63, 3.8) is 0 Å². The van der Waals surface area contributed by atoms with Crippen molar-refractivity contribution in [1.82, 2.24) is 5.01 Å². The molecule has 1 aliphatic heterocycles. The van der Waals surface area contributed by atoms with Crippen molar-refractivity contribution in [2.24, 2.45) is 11.0 Å². The van der Waals surface area contributed by atoms with Crippen LogP contribution in [0.15, 0.2) is 59.7 Å². The lowest BCUT2D eigenvalue weighted by Crippen LogP contribution is -2.29. The quantitative estimate of drug-likeness (QED) is 0.850. The van der Waals surface area contributed by atoms with Gasteiger partial charge >= 0.3 is 0 Å². The third-order valence-corrected chi connectivity index (χ3v) is 4.87. The minimum absolute atomic E-state index is 0.0625. The van der Waals surface area contributed by atoms with E-state index in [2.05, 4.69) is 41.5 Å². The average molecular weight is 304 g/mol. The summed E-state index contributed by atoms with van der Waals surface area (Å²) in [5.74, 6) is 0.553. The van der Waals surface area contributed by atoms with E-state index in [1.165, 1.54) is 11.1 Å². The van der Waals surface area contributed by atoms with Gasteiger partial charge in [0.05, 0.1) is 6.04 Å². The fourth-order valence-electron chi connectivity index (χ4n) is 3.74. The van der Waals surface area contributed by atoms with Crippen molar-refractivity contribution in [2.45, 2.75) is 31.7 Å². The van der Waals surface area contributed by atoms with Crippen LogP contribution in [0.5, 0.6) is 0 Å². The van der Waals surface area contributed by atoms with E-state index < -0.39 is 0 Å². The first kappa shape index (κ1) is 14.2. The topological polar surface area (TPSA) is 32.7 Å². The van der Waals surface area contributed by atoms with Crippen molar-refractivity contribution in [1.29, 1.82) is 0 Å². The highest BCUT2D eigenvalue weighted by Crippen LogP contribution is 2.32. The van der Waals surface area contributed by atoms with Crippen molar-refractivity contribution >= 4 is 12.1 Å². The van der Waals surface area contributed by atoms with Gasteiger partial charge in [0.2, 0.25) is 5.91 Å². The predicted octanol–water partition coefficient (Wildman–Crippen LogP) is 3.75. The van der Waals surface area contributed by atoms with Crippen LogP contribution in [-0.4, -0.2) is 17.1 Å². The molecule has 1 heterocycles. The normalized spacial score (nSPS) is 20.0. The van der Waals surface area contributed by atoms with Gasteiger partial charge in [-0.05, 0) is 35.4 Å². The van der Waals surface area contributed by atoms with Gasteiger partial charge in [0.25, 0.3) is 0 Å². The molecule has 0 fully saturated rings. The van der Waals surface area contributed by atoms with Crippen LogP contribution in [0, 0.1) is 5.92 Å². The number of rotatable bonds is 3. The lowest BCUT2D eigenvalue weighted by molar-refractivity contribution is -0.134. The smallest absolute Gasteiger partial charge is 0.243 e. The molecule has 0 N–H and O–H groups in total. The number of benzene rings is 2. The van der Waals surface area contributed by atoms with E-state index in [1.54, 1.807) is 5.01 Å². The Morgan fingerprint density at radius 2 is 1.65 bits per heavy atom. The first-order chi connectivity index (χ1) is 11.3. The fourth-order valence-corrected chi connectivity index (χ4v) is 3.74. The first-order valence-electron chi connectivity index (χ1n) is 8.27. The van der Waals surface area contributed by atoms with E-state index >= 15 is 0 Å². The highest BCUT2D eigenvalue weighted by molar-refractivity contribution is 5.80. The molecule has 1 atom stereocenters. The number of nitrogens with zero attached hydrogens (tertiary/aromatic N) is 2. The van der Waals surface area contributed by atoms with E-state index in [4.69, 9.17) is 0 Å². The summed E-state index contributed by atoms with van der Waals surface area (Å²) in [5, 5.41) is 6.04. The number of carbonyl (C=O) groups excluding carboxylic acids is 1. The van der Waals surface area contributed by atoms with Crippen molar-refractivity contribution in [2.75, 3.05) is 0 Å². The minimum Gasteiger partial charge on any atom is -0.273 e. The van der Waals surface area contributed by atoms with Crippen LogP contribution in [0.25, 0.3) is 0 Å². The molecular formula is C20H20N2O. The molecule has 0 radical (unpaired) electrons. The highest BCUT2D eigenvalue weighted by atomic mass is 16.2. The van der Waals surface area contributed by atoms with Gasteiger partial charge in [-0.2, -0.15) is 5.10 Å². The van der Waals surface area contributed by atoms with E-state index in [0.29, 0.717) is 12.3 Å². The van der Waals surface area contributed by atoms with Crippen LogP contribution in [0.4, 0.5) is 0 Å². The Morgan fingerprint density at radius 1 is 1.00 bits per heavy atom. The Morgan fingerprint density at radius 3 is 2.35 bits per heavy atom. The molecule has 0 aromatic heterocycles. The molecule has 116 valence electrons. The first-order valence-corrected chi connectivity index (χ1v) is 8.27. The summed E-state index contributed by atoms with van der Waals surface area (Å²) < 4.78 is 0. The molecule has 0 spiro atoms. The summed E-state index contributed by atoms with van der Waals surface area (Å²) >= 11 is 0. The molecule has 4 rings (SSSR count). The number of carbonyl (C=O) groups is 1.